The van der Waals surface area contributed by atoms with Gasteiger partial charge in [0.2, 0.25) is 0 Å². The van der Waals surface area contributed by atoms with Crippen LogP contribution in [0.15, 0.2) is 16.8 Å². The molecule has 0 aliphatic carbocycles. The van der Waals surface area contributed by atoms with Gasteiger partial charge in [0.05, 0.1) is 12.2 Å². The first-order valence-corrected chi connectivity index (χ1v) is 5.55. The van der Waals surface area contributed by atoms with E-state index in [0.717, 1.165) is 6.42 Å². The summed E-state index contributed by atoms with van der Waals surface area (Å²) in [6.45, 7) is 1.87. The predicted molar refractivity (Wildman–Crippen MR) is 54.9 cm³/mol. The minimum Gasteiger partial charge on any atom is -0.390 e. The molecule has 0 aliphatic heterocycles. The highest BCUT2D eigenvalue weighted by molar-refractivity contribution is 7.07. The van der Waals surface area contributed by atoms with Crippen LogP contribution in [0.1, 0.15) is 25.3 Å². The predicted octanol–water partition coefficient (Wildman–Crippen LogP) is 1.81. The van der Waals surface area contributed by atoms with Crippen LogP contribution >= 0.6 is 11.3 Å². The second kappa shape index (κ2) is 5.37. The third-order valence-corrected chi connectivity index (χ3v) is 2.90. The molecule has 74 valence electrons. The fourth-order valence-corrected chi connectivity index (χ4v) is 1.92. The van der Waals surface area contributed by atoms with E-state index in [1.807, 2.05) is 12.3 Å². The Morgan fingerprint density at radius 1 is 1.38 bits per heavy atom. The maximum absolute atomic E-state index is 9.47. The molecule has 1 heterocycles. The third-order valence-electron chi connectivity index (χ3n) is 2.17. The molecule has 1 rings (SSSR count). The van der Waals surface area contributed by atoms with Gasteiger partial charge in [0.1, 0.15) is 0 Å². The van der Waals surface area contributed by atoms with Gasteiger partial charge in [-0.25, -0.2) is 0 Å². The number of hydrogen-bond donors (Lipinski definition) is 2. The van der Waals surface area contributed by atoms with Crippen molar-refractivity contribution in [1.82, 2.24) is 0 Å². The van der Waals surface area contributed by atoms with Crippen molar-refractivity contribution in [2.45, 2.75) is 38.4 Å². The van der Waals surface area contributed by atoms with Crippen molar-refractivity contribution >= 4 is 11.3 Å². The monoisotopic (exact) mass is 200 g/mol. The third kappa shape index (κ3) is 3.46. The van der Waals surface area contributed by atoms with E-state index in [2.05, 4.69) is 11.4 Å². The van der Waals surface area contributed by atoms with E-state index in [1.54, 1.807) is 11.3 Å². The van der Waals surface area contributed by atoms with Crippen LogP contribution in [0, 0.1) is 0 Å². The SMILES string of the molecule is CCC(O)C(O)CCc1ccsc1. The smallest absolute Gasteiger partial charge is 0.0802 e. The van der Waals surface area contributed by atoms with Crippen LogP contribution in [0.5, 0.6) is 0 Å². The summed E-state index contributed by atoms with van der Waals surface area (Å²) in [4.78, 5) is 0. The number of thiophene rings is 1. The summed E-state index contributed by atoms with van der Waals surface area (Å²) in [5.41, 5.74) is 1.24. The maximum atomic E-state index is 9.47. The minimum absolute atomic E-state index is 0.571. The Bertz CT molecular complexity index is 221. The van der Waals surface area contributed by atoms with Crippen LogP contribution in [-0.2, 0) is 6.42 Å². The summed E-state index contributed by atoms with van der Waals surface area (Å²) in [7, 11) is 0. The number of aryl methyl sites for hydroxylation is 1. The molecule has 0 fully saturated rings. The minimum atomic E-state index is -0.579. The molecular formula is C10H16O2S. The van der Waals surface area contributed by atoms with E-state index in [0.29, 0.717) is 12.8 Å². The largest absolute Gasteiger partial charge is 0.390 e. The molecule has 0 aromatic carbocycles. The first kappa shape index (κ1) is 10.7. The molecule has 2 N–H and O–H groups in total. The van der Waals surface area contributed by atoms with Crippen molar-refractivity contribution < 1.29 is 10.2 Å². The molecule has 1 aromatic heterocycles. The summed E-state index contributed by atoms with van der Waals surface area (Å²) in [6.07, 6.45) is 0.960. The van der Waals surface area contributed by atoms with E-state index >= 15 is 0 Å². The van der Waals surface area contributed by atoms with Crippen LogP contribution in [0.4, 0.5) is 0 Å². The maximum Gasteiger partial charge on any atom is 0.0802 e. The number of hydrogen-bond acceptors (Lipinski definition) is 3. The highest BCUT2D eigenvalue weighted by atomic mass is 32.1. The van der Waals surface area contributed by atoms with Gasteiger partial charge in [-0.2, -0.15) is 11.3 Å². The van der Waals surface area contributed by atoms with Crippen LogP contribution < -0.4 is 0 Å². The second-order valence-electron chi connectivity index (χ2n) is 3.21. The van der Waals surface area contributed by atoms with Gasteiger partial charge in [-0.15, -0.1) is 0 Å². The molecular weight excluding hydrogens is 184 g/mol. The molecule has 0 saturated heterocycles. The van der Waals surface area contributed by atoms with Crippen molar-refractivity contribution in [3.8, 4) is 0 Å². The lowest BCUT2D eigenvalue weighted by Crippen LogP contribution is -2.25. The fraction of sp³-hybridized carbons (Fsp3) is 0.600. The zero-order valence-corrected chi connectivity index (χ0v) is 8.63. The Morgan fingerprint density at radius 3 is 2.69 bits per heavy atom. The van der Waals surface area contributed by atoms with Gasteiger partial charge in [0.15, 0.2) is 0 Å². The van der Waals surface area contributed by atoms with E-state index in [9.17, 15) is 10.2 Å². The Morgan fingerprint density at radius 2 is 2.15 bits per heavy atom. The molecule has 0 radical (unpaired) electrons. The van der Waals surface area contributed by atoms with Gasteiger partial charge < -0.3 is 10.2 Å². The van der Waals surface area contributed by atoms with Crippen molar-refractivity contribution in [2.75, 3.05) is 0 Å². The lowest BCUT2D eigenvalue weighted by Gasteiger charge is -2.15. The summed E-state index contributed by atoms with van der Waals surface area (Å²) in [5, 5.41) is 22.9. The molecule has 0 aliphatic rings. The Balaban J connectivity index is 2.26. The zero-order chi connectivity index (χ0) is 9.68. The van der Waals surface area contributed by atoms with Crippen molar-refractivity contribution in [3.05, 3.63) is 22.4 Å². The number of rotatable bonds is 5. The number of aliphatic hydroxyl groups is 2. The van der Waals surface area contributed by atoms with Gasteiger partial charge in [-0.1, -0.05) is 6.92 Å². The van der Waals surface area contributed by atoms with Crippen molar-refractivity contribution in [3.63, 3.8) is 0 Å². The van der Waals surface area contributed by atoms with Crippen LogP contribution in [-0.4, -0.2) is 22.4 Å². The van der Waals surface area contributed by atoms with E-state index in [4.69, 9.17) is 0 Å². The zero-order valence-electron chi connectivity index (χ0n) is 7.81. The topological polar surface area (TPSA) is 40.5 Å². The van der Waals surface area contributed by atoms with E-state index < -0.39 is 12.2 Å². The molecule has 2 atom stereocenters. The highest BCUT2D eigenvalue weighted by Gasteiger charge is 2.13. The van der Waals surface area contributed by atoms with Crippen LogP contribution in [0.3, 0.4) is 0 Å². The quantitative estimate of drug-likeness (QED) is 0.761. The Kier molecular flexibility index (Phi) is 4.42. The molecule has 13 heavy (non-hydrogen) atoms. The molecule has 2 unspecified atom stereocenters. The van der Waals surface area contributed by atoms with Gasteiger partial charge in [-0.3, -0.25) is 0 Å². The second-order valence-corrected chi connectivity index (χ2v) is 3.99. The van der Waals surface area contributed by atoms with Crippen molar-refractivity contribution in [1.29, 1.82) is 0 Å². The van der Waals surface area contributed by atoms with Gasteiger partial charge in [0.25, 0.3) is 0 Å². The first-order valence-electron chi connectivity index (χ1n) is 4.61. The summed E-state index contributed by atoms with van der Waals surface area (Å²) in [5.74, 6) is 0. The van der Waals surface area contributed by atoms with Crippen molar-refractivity contribution in [2.24, 2.45) is 0 Å². The van der Waals surface area contributed by atoms with E-state index in [-0.39, 0.29) is 0 Å². The van der Waals surface area contributed by atoms with Gasteiger partial charge in [-0.05, 0) is 41.7 Å². The van der Waals surface area contributed by atoms with Crippen LogP contribution in [0.2, 0.25) is 0 Å². The van der Waals surface area contributed by atoms with Gasteiger partial charge >= 0.3 is 0 Å². The summed E-state index contributed by atoms with van der Waals surface area (Å²) in [6, 6.07) is 2.05. The molecule has 3 heteroatoms. The summed E-state index contributed by atoms with van der Waals surface area (Å²) < 4.78 is 0. The molecule has 0 bridgehead atoms. The van der Waals surface area contributed by atoms with Crippen LogP contribution in [0.25, 0.3) is 0 Å². The molecule has 1 aromatic rings. The average Bonchev–Trinajstić information content (AvgIpc) is 2.65. The lowest BCUT2D eigenvalue weighted by atomic mass is 10.0. The standard InChI is InChI=1S/C10H16O2S/c1-2-9(11)10(12)4-3-8-5-6-13-7-8/h5-7,9-12H,2-4H2,1H3. The fourth-order valence-electron chi connectivity index (χ4n) is 1.21. The Labute approximate surface area is 82.8 Å². The first-order chi connectivity index (χ1) is 6.24. The van der Waals surface area contributed by atoms with E-state index in [1.165, 1.54) is 5.56 Å². The normalized spacial score (nSPS) is 15.6. The molecule has 2 nitrogen and oxygen atoms in total. The molecule has 0 saturated carbocycles. The molecule has 0 spiro atoms. The molecule has 0 amide bonds. The number of aliphatic hydroxyl groups excluding tert-OH is 2. The highest BCUT2D eigenvalue weighted by Crippen LogP contribution is 2.11. The average molecular weight is 200 g/mol. The Hall–Kier alpha value is -0.380. The summed E-state index contributed by atoms with van der Waals surface area (Å²) >= 11 is 1.66. The lowest BCUT2D eigenvalue weighted by molar-refractivity contribution is 0.0131. The van der Waals surface area contributed by atoms with Gasteiger partial charge in [0, 0.05) is 0 Å².